The number of hydrogen-bond acceptors (Lipinski definition) is 7. The van der Waals surface area contributed by atoms with Gasteiger partial charge in [0.25, 0.3) is 12.9 Å². The highest BCUT2D eigenvalue weighted by atomic mass is 16.6. The Morgan fingerprint density at radius 2 is 2.31 bits per heavy atom. The number of carbonyl (C=O) groups excluding carboxylic acids is 2. The van der Waals surface area contributed by atoms with Crippen LogP contribution in [0.1, 0.15) is 0 Å². The van der Waals surface area contributed by atoms with Crippen molar-refractivity contribution in [3.8, 4) is 0 Å². The van der Waals surface area contributed by atoms with Crippen LogP contribution in [-0.2, 0) is 23.8 Å². The Labute approximate surface area is 91.7 Å². The van der Waals surface area contributed by atoms with Gasteiger partial charge < -0.3 is 19.3 Å². The molecular weight excluding hydrogens is 218 g/mol. The first kappa shape index (κ1) is 11.3. The van der Waals surface area contributed by atoms with Crippen LogP contribution < -0.4 is 5.32 Å². The molecule has 0 aromatic heterocycles. The van der Waals surface area contributed by atoms with Crippen LogP contribution in [0.4, 0.5) is 0 Å². The zero-order valence-corrected chi connectivity index (χ0v) is 8.50. The molecule has 4 atom stereocenters. The summed E-state index contributed by atoms with van der Waals surface area (Å²) in [7, 11) is 0. The Kier molecular flexibility index (Phi) is 3.08. The van der Waals surface area contributed by atoms with Crippen LogP contribution in [0.3, 0.4) is 0 Å². The molecule has 0 aromatic carbocycles. The van der Waals surface area contributed by atoms with E-state index in [0.717, 1.165) is 0 Å². The summed E-state index contributed by atoms with van der Waals surface area (Å²) in [5.74, 6) is -0.252. The van der Waals surface area contributed by atoms with Gasteiger partial charge in [-0.1, -0.05) is 0 Å². The molecule has 2 fully saturated rings. The quantitative estimate of drug-likeness (QED) is 0.529. The molecule has 0 radical (unpaired) electrons. The third kappa shape index (κ3) is 1.57. The molecule has 2 N–H and O–H groups in total. The molecule has 16 heavy (non-hydrogen) atoms. The van der Waals surface area contributed by atoms with Crippen LogP contribution in [0.2, 0.25) is 0 Å². The molecule has 7 heteroatoms. The molecule has 1 unspecified atom stereocenters. The largest absolute Gasteiger partial charge is 0.465 e. The van der Waals surface area contributed by atoms with Gasteiger partial charge in [0, 0.05) is 12.5 Å². The van der Waals surface area contributed by atoms with Crippen LogP contribution in [0.5, 0.6) is 0 Å². The lowest BCUT2D eigenvalue weighted by molar-refractivity contribution is -0.167. The van der Waals surface area contributed by atoms with E-state index in [1.807, 2.05) is 0 Å². The third-order valence-corrected chi connectivity index (χ3v) is 3.15. The zero-order valence-electron chi connectivity index (χ0n) is 8.50. The normalized spacial score (nSPS) is 41.4. The van der Waals surface area contributed by atoms with Crippen molar-refractivity contribution in [2.24, 2.45) is 5.92 Å². The minimum atomic E-state index is -0.971. The summed E-state index contributed by atoms with van der Waals surface area (Å²) >= 11 is 0. The second-order valence-electron chi connectivity index (χ2n) is 3.87. The number of rotatable bonds is 5. The second kappa shape index (κ2) is 4.36. The molecule has 0 saturated carbocycles. The number of ether oxygens (including phenoxy) is 3. The SMILES string of the molecule is O=COC[C@@]12OC[C@@H](O)C1CN[C@H]2OC=O. The van der Waals surface area contributed by atoms with Crippen LogP contribution in [0.25, 0.3) is 0 Å². The Morgan fingerprint density at radius 3 is 3.00 bits per heavy atom. The highest BCUT2D eigenvalue weighted by Gasteiger charge is 2.60. The van der Waals surface area contributed by atoms with Gasteiger partial charge in [-0.3, -0.25) is 14.9 Å². The molecule has 0 aliphatic carbocycles. The lowest BCUT2D eigenvalue weighted by atomic mass is 9.89. The second-order valence-corrected chi connectivity index (χ2v) is 3.87. The lowest BCUT2D eigenvalue weighted by Gasteiger charge is -2.31. The van der Waals surface area contributed by atoms with Gasteiger partial charge in [-0.25, -0.2) is 0 Å². The highest BCUT2D eigenvalue weighted by Crippen LogP contribution is 2.39. The summed E-state index contributed by atoms with van der Waals surface area (Å²) in [5, 5.41) is 12.6. The average molecular weight is 231 g/mol. The predicted octanol–water partition coefficient (Wildman–Crippen LogP) is -1.99. The molecule has 0 spiro atoms. The van der Waals surface area contributed by atoms with Gasteiger partial charge in [-0.05, 0) is 0 Å². The molecule has 2 saturated heterocycles. The number of nitrogens with one attached hydrogen (secondary N) is 1. The topological polar surface area (TPSA) is 94.1 Å². The number of hydrogen-bond donors (Lipinski definition) is 2. The van der Waals surface area contributed by atoms with Gasteiger partial charge in [-0.15, -0.1) is 0 Å². The lowest BCUT2D eigenvalue weighted by Crippen LogP contribution is -2.51. The van der Waals surface area contributed by atoms with Crippen molar-refractivity contribution in [2.75, 3.05) is 19.8 Å². The van der Waals surface area contributed by atoms with E-state index in [9.17, 15) is 14.7 Å². The summed E-state index contributed by atoms with van der Waals surface area (Å²) in [6, 6.07) is 0. The fourth-order valence-corrected chi connectivity index (χ4v) is 2.38. The van der Waals surface area contributed by atoms with E-state index in [4.69, 9.17) is 14.2 Å². The molecule has 0 amide bonds. The van der Waals surface area contributed by atoms with Crippen LogP contribution in [-0.4, -0.2) is 55.7 Å². The molecule has 2 rings (SSSR count). The van der Waals surface area contributed by atoms with E-state index in [1.54, 1.807) is 0 Å². The average Bonchev–Trinajstić information content (AvgIpc) is 2.78. The Balaban J connectivity index is 2.17. The van der Waals surface area contributed by atoms with E-state index in [0.29, 0.717) is 19.5 Å². The molecular formula is C9H13NO6. The van der Waals surface area contributed by atoms with Gasteiger partial charge in [0.05, 0.1) is 12.7 Å². The van der Waals surface area contributed by atoms with E-state index < -0.39 is 17.9 Å². The first-order valence-corrected chi connectivity index (χ1v) is 4.94. The van der Waals surface area contributed by atoms with Crippen molar-refractivity contribution in [1.29, 1.82) is 0 Å². The number of aliphatic hydroxyl groups excluding tert-OH is 1. The summed E-state index contributed by atoms with van der Waals surface area (Å²) in [5.41, 5.74) is -0.971. The van der Waals surface area contributed by atoms with Gasteiger partial charge in [0.1, 0.15) is 6.61 Å². The summed E-state index contributed by atoms with van der Waals surface area (Å²) < 4.78 is 15.0. The van der Waals surface area contributed by atoms with Crippen molar-refractivity contribution >= 4 is 12.9 Å². The van der Waals surface area contributed by atoms with Crippen molar-refractivity contribution in [2.45, 2.75) is 17.9 Å². The Morgan fingerprint density at radius 1 is 1.50 bits per heavy atom. The fraction of sp³-hybridized carbons (Fsp3) is 0.778. The van der Waals surface area contributed by atoms with Gasteiger partial charge in [-0.2, -0.15) is 0 Å². The van der Waals surface area contributed by atoms with Crippen molar-refractivity contribution in [3.05, 3.63) is 0 Å². The summed E-state index contributed by atoms with van der Waals surface area (Å²) in [4.78, 5) is 20.6. The van der Waals surface area contributed by atoms with E-state index in [-0.39, 0.29) is 19.1 Å². The molecule has 0 bridgehead atoms. The first-order valence-electron chi connectivity index (χ1n) is 4.94. The zero-order chi connectivity index (χ0) is 11.6. The van der Waals surface area contributed by atoms with Crippen LogP contribution in [0, 0.1) is 5.92 Å². The van der Waals surface area contributed by atoms with Crippen LogP contribution >= 0.6 is 0 Å². The highest BCUT2D eigenvalue weighted by molar-refractivity contribution is 5.39. The molecule has 2 aliphatic heterocycles. The van der Waals surface area contributed by atoms with Crippen molar-refractivity contribution in [1.82, 2.24) is 5.32 Å². The molecule has 2 aliphatic rings. The van der Waals surface area contributed by atoms with E-state index in [2.05, 4.69) is 5.32 Å². The van der Waals surface area contributed by atoms with E-state index in [1.165, 1.54) is 0 Å². The summed E-state index contributed by atoms with van der Waals surface area (Å²) in [6.45, 7) is 1.14. The Bertz CT molecular complexity index is 285. The van der Waals surface area contributed by atoms with E-state index >= 15 is 0 Å². The number of carbonyl (C=O) groups is 2. The molecule has 7 nitrogen and oxygen atoms in total. The molecule has 90 valence electrons. The van der Waals surface area contributed by atoms with Gasteiger partial charge >= 0.3 is 0 Å². The minimum absolute atomic E-state index is 0.0519. The van der Waals surface area contributed by atoms with Crippen molar-refractivity contribution < 1.29 is 28.9 Å². The maximum Gasteiger partial charge on any atom is 0.294 e. The summed E-state index contributed by atoms with van der Waals surface area (Å²) in [6.07, 6.45) is -1.35. The standard InChI is InChI=1S/C9H13NO6/c11-4-14-3-9-6(7(13)2-16-9)1-10-8(9)15-5-12/h4-8,10,13H,1-3H2/t6?,7-,8+,9-/m1/s1. The van der Waals surface area contributed by atoms with Crippen LogP contribution in [0.15, 0.2) is 0 Å². The van der Waals surface area contributed by atoms with Crippen molar-refractivity contribution in [3.63, 3.8) is 0 Å². The molecule has 0 aromatic rings. The predicted molar refractivity (Wildman–Crippen MR) is 49.1 cm³/mol. The maximum atomic E-state index is 10.4. The maximum absolute atomic E-state index is 10.4. The third-order valence-electron chi connectivity index (χ3n) is 3.15. The molecule has 2 heterocycles. The smallest absolute Gasteiger partial charge is 0.294 e. The van der Waals surface area contributed by atoms with Gasteiger partial charge in [0.2, 0.25) is 0 Å². The Hall–Kier alpha value is -1.18. The monoisotopic (exact) mass is 231 g/mol. The fourth-order valence-electron chi connectivity index (χ4n) is 2.38. The first-order chi connectivity index (χ1) is 7.74. The number of fused-ring (bicyclic) bond motifs is 1. The van der Waals surface area contributed by atoms with Gasteiger partial charge in [0.15, 0.2) is 11.8 Å². The number of aliphatic hydroxyl groups is 1. The minimum Gasteiger partial charge on any atom is -0.465 e.